The van der Waals surface area contributed by atoms with Crippen molar-refractivity contribution in [1.29, 1.82) is 0 Å². The second-order valence-electron chi connectivity index (χ2n) is 2.45. The molecule has 1 aromatic rings. The van der Waals surface area contributed by atoms with Crippen LogP contribution in [0.2, 0.25) is 0 Å². The molecule has 13 heavy (non-hydrogen) atoms. The normalized spacial score (nSPS) is 9.92. The first-order chi connectivity index (χ1) is 6.15. The third-order valence-electron chi connectivity index (χ3n) is 1.57. The largest absolute Gasteiger partial charge is 0.508 e. The Morgan fingerprint density at radius 1 is 1.62 bits per heavy atom. The van der Waals surface area contributed by atoms with Crippen molar-refractivity contribution in [1.82, 2.24) is 5.43 Å². The minimum atomic E-state index is -0.528. The van der Waals surface area contributed by atoms with Crippen LogP contribution in [-0.4, -0.2) is 10.0 Å². The summed E-state index contributed by atoms with van der Waals surface area (Å²) in [5, 5.41) is 19.6. The van der Waals surface area contributed by atoms with E-state index in [1.165, 1.54) is 18.2 Å². The summed E-state index contributed by atoms with van der Waals surface area (Å²) in [5.74, 6) is 5.01. The Morgan fingerprint density at radius 2 is 2.31 bits per heavy atom. The van der Waals surface area contributed by atoms with E-state index in [0.717, 1.165) is 0 Å². The molecule has 0 unspecified atom stereocenters. The number of nitro groups is 1. The fourth-order valence-corrected chi connectivity index (χ4v) is 0.937. The molecule has 0 saturated carbocycles. The van der Waals surface area contributed by atoms with Crippen LogP contribution >= 0.6 is 0 Å². The van der Waals surface area contributed by atoms with Crippen molar-refractivity contribution in [3.63, 3.8) is 0 Å². The van der Waals surface area contributed by atoms with Crippen LogP contribution in [0.5, 0.6) is 5.75 Å². The van der Waals surface area contributed by atoms with Crippen LogP contribution < -0.4 is 11.3 Å². The van der Waals surface area contributed by atoms with Crippen molar-refractivity contribution in [2.45, 2.75) is 6.54 Å². The molecule has 1 rings (SSSR count). The summed E-state index contributed by atoms with van der Waals surface area (Å²) in [6.45, 7) is 0.188. The maximum Gasteiger partial charge on any atom is 0.270 e. The van der Waals surface area contributed by atoms with Gasteiger partial charge in [-0.15, -0.1) is 0 Å². The Morgan fingerprint density at radius 3 is 2.85 bits per heavy atom. The number of phenolic OH excluding ortho intramolecular Hbond substituents is 1. The van der Waals surface area contributed by atoms with E-state index in [2.05, 4.69) is 5.43 Å². The number of nitrogens with one attached hydrogen (secondary N) is 1. The third-order valence-corrected chi connectivity index (χ3v) is 1.57. The fraction of sp³-hybridized carbons (Fsp3) is 0.143. The first-order valence-corrected chi connectivity index (χ1v) is 3.55. The highest BCUT2D eigenvalue weighted by atomic mass is 16.6. The zero-order chi connectivity index (χ0) is 9.84. The molecule has 0 atom stereocenters. The lowest BCUT2D eigenvalue weighted by Crippen LogP contribution is -2.20. The maximum absolute atomic E-state index is 10.3. The van der Waals surface area contributed by atoms with Crippen LogP contribution in [0.1, 0.15) is 5.56 Å². The van der Waals surface area contributed by atoms with E-state index in [1.807, 2.05) is 0 Å². The second-order valence-corrected chi connectivity index (χ2v) is 2.45. The Hall–Kier alpha value is -1.66. The van der Waals surface area contributed by atoms with E-state index in [4.69, 9.17) is 5.84 Å². The van der Waals surface area contributed by atoms with Gasteiger partial charge in [0.05, 0.1) is 4.92 Å². The van der Waals surface area contributed by atoms with Crippen LogP contribution in [0.15, 0.2) is 18.2 Å². The lowest BCUT2D eigenvalue weighted by atomic mass is 10.2. The smallest absolute Gasteiger partial charge is 0.270 e. The van der Waals surface area contributed by atoms with E-state index in [1.54, 1.807) is 0 Å². The summed E-state index contributed by atoms with van der Waals surface area (Å²) in [6, 6.07) is 3.77. The first kappa shape index (κ1) is 9.43. The molecule has 1 aromatic carbocycles. The molecule has 0 aliphatic rings. The van der Waals surface area contributed by atoms with E-state index >= 15 is 0 Å². The van der Waals surface area contributed by atoms with Gasteiger partial charge in [0.1, 0.15) is 5.75 Å². The number of aromatic hydroxyl groups is 1. The third kappa shape index (κ3) is 2.14. The Kier molecular flexibility index (Phi) is 2.78. The minimum Gasteiger partial charge on any atom is -0.508 e. The standard InChI is InChI=1S/C7H9N3O3/c8-9-4-5-3-6(10(12)13)1-2-7(5)11/h1-3,9,11H,4,8H2. The molecule has 6 heteroatoms. The molecule has 0 bridgehead atoms. The molecular weight excluding hydrogens is 174 g/mol. The zero-order valence-electron chi connectivity index (χ0n) is 6.73. The Balaban J connectivity index is 3.03. The van der Waals surface area contributed by atoms with E-state index in [0.29, 0.717) is 5.56 Å². The molecular formula is C7H9N3O3. The number of nitrogens with zero attached hydrogens (tertiary/aromatic N) is 1. The monoisotopic (exact) mass is 183 g/mol. The number of hydrogen-bond donors (Lipinski definition) is 3. The molecule has 0 aliphatic heterocycles. The van der Waals surface area contributed by atoms with Crippen LogP contribution in [0, 0.1) is 10.1 Å². The molecule has 0 amide bonds. The fourth-order valence-electron chi connectivity index (χ4n) is 0.937. The van der Waals surface area contributed by atoms with Crippen molar-refractivity contribution < 1.29 is 10.0 Å². The van der Waals surface area contributed by atoms with Crippen molar-refractivity contribution >= 4 is 5.69 Å². The van der Waals surface area contributed by atoms with E-state index < -0.39 is 4.92 Å². The molecule has 70 valence electrons. The Labute approximate surface area is 74.1 Å². The summed E-state index contributed by atoms with van der Waals surface area (Å²) in [6.07, 6.45) is 0. The van der Waals surface area contributed by atoms with Crippen LogP contribution in [0.25, 0.3) is 0 Å². The number of nitro benzene ring substituents is 1. The van der Waals surface area contributed by atoms with Gasteiger partial charge in [-0.3, -0.25) is 21.4 Å². The van der Waals surface area contributed by atoms with Crippen molar-refractivity contribution in [3.8, 4) is 5.75 Å². The highest BCUT2D eigenvalue weighted by Crippen LogP contribution is 2.22. The quantitative estimate of drug-likeness (QED) is 0.354. The van der Waals surface area contributed by atoms with Gasteiger partial charge in [0.2, 0.25) is 0 Å². The molecule has 0 saturated heterocycles. The van der Waals surface area contributed by atoms with Crippen LogP contribution in [0.3, 0.4) is 0 Å². The van der Waals surface area contributed by atoms with Gasteiger partial charge < -0.3 is 5.11 Å². The van der Waals surface area contributed by atoms with Crippen molar-refractivity contribution in [3.05, 3.63) is 33.9 Å². The molecule has 0 aromatic heterocycles. The lowest BCUT2D eigenvalue weighted by Gasteiger charge is -2.02. The Bertz CT molecular complexity index is 327. The van der Waals surface area contributed by atoms with Gasteiger partial charge in [0.25, 0.3) is 5.69 Å². The van der Waals surface area contributed by atoms with Crippen molar-refractivity contribution in [2.75, 3.05) is 0 Å². The molecule has 0 radical (unpaired) electrons. The predicted octanol–water partition coefficient (Wildman–Crippen LogP) is 0.264. The van der Waals surface area contributed by atoms with E-state index in [-0.39, 0.29) is 18.0 Å². The highest BCUT2D eigenvalue weighted by Gasteiger charge is 2.08. The van der Waals surface area contributed by atoms with Crippen molar-refractivity contribution in [2.24, 2.45) is 5.84 Å². The van der Waals surface area contributed by atoms with E-state index in [9.17, 15) is 15.2 Å². The number of phenols is 1. The van der Waals surface area contributed by atoms with Crippen LogP contribution in [-0.2, 0) is 6.54 Å². The lowest BCUT2D eigenvalue weighted by molar-refractivity contribution is -0.384. The van der Waals surface area contributed by atoms with Crippen LogP contribution in [0.4, 0.5) is 5.69 Å². The number of hydrogen-bond acceptors (Lipinski definition) is 5. The number of hydrazine groups is 1. The topological polar surface area (TPSA) is 101 Å². The summed E-state index contributed by atoms with van der Waals surface area (Å²) in [5.41, 5.74) is 2.64. The highest BCUT2D eigenvalue weighted by molar-refractivity contribution is 5.42. The molecule has 0 aliphatic carbocycles. The van der Waals surface area contributed by atoms with Gasteiger partial charge >= 0.3 is 0 Å². The van der Waals surface area contributed by atoms with Gasteiger partial charge in [-0.05, 0) is 6.07 Å². The SMILES string of the molecule is NNCc1cc([N+](=O)[O-])ccc1O. The first-order valence-electron chi connectivity index (χ1n) is 3.55. The van der Waals surface area contributed by atoms with Gasteiger partial charge in [-0.2, -0.15) is 0 Å². The zero-order valence-corrected chi connectivity index (χ0v) is 6.73. The van der Waals surface area contributed by atoms with Gasteiger partial charge in [-0.25, -0.2) is 0 Å². The molecule has 4 N–H and O–H groups in total. The summed E-state index contributed by atoms with van der Waals surface area (Å²) in [4.78, 5) is 9.81. The number of rotatable bonds is 3. The summed E-state index contributed by atoms with van der Waals surface area (Å²) < 4.78 is 0. The average Bonchev–Trinajstić information content (AvgIpc) is 2.08. The van der Waals surface area contributed by atoms with Gasteiger partial charge in [0, 0.05) is 24.2 Å². The minimum absolute atomic E-state index is 0.0106. The maximum atomic E-state index is 10.3. The number of non-ortho nitro benzene ring substituents is 1. The summed E-state index contributed by atoms with van der Waals surface area (Å²) >= 11 is 0. The number of benzene rings is 1. The van der Waals surface area contributed by atoms with Gasteiger partial charge in [-0.1, -0.05) is 0 Å². The second kappa shape index (κ2) is 3.83. The molecule has 0 heterocycles. The van der Waals surface area contributed by atoms with Gasteiger partial charge in [0.15, 0.2) is 0 Å². The average molecular weight is 183 g/mol. The molecule has 0 spiro atoms. The molecule has 0 fully saturated rings. The predicted molar refractivity (Wildman–Crippen MR) is 45.8 cm³/mol. The molecule has 6 nitrogen and oxygen atoms in total. The summed E-state index contributed by atoms with van der Waals surface area (Å²) in [7, 11) is 0. The number of nitrogens with two attached hydrogens (primary N) is 1.